The Labute approximate surface area is 73.6 Å². The van der Waals surface area contributed by atoms with Gasteiger partial charge in [0, 0.05) is 6.42 Å². The average molecular weight is 188 g/mol. The second kappa shape index (κ2) is 5.81. The zero-order chi connectivity index (χ0) is 9.45. The smallest absolute Gasteiger partial charge is 0.265 e. The largest absolute Gasteiger partial charge is 0.279 e. The van der Waals surface area contributed by atoms with Crippen LogP contribution in [0.4, 0.5) is 0 Å². The van der Waals surface area contributed by atoms with Crippen molar-refractivity contribution in [3.63, 3.8) is 0 Å². The summed E-state index contributed by atoms with van der Waals surface area (Å²) in [5.41, 5.74) is 0. The van der Waals surface area contributed by atoms with Gasteiger partial charge in [-0.1, -0.05) is 18.9 Å². The summed E-state index contributed by atoms with van der Waals surface area (Å²) in [6.07, 6.45) is 2.03. The number of hydrogen-bond acceptors (Lipinski definition) is 3. The maximum absolute atomic E-state index is 10.9. The lowest BCUT2D eigenvalue weighted by molar-refractivity contribution is 0.360. The molecular formula is C8H12O3S. The molecule has 4 heteroatoms. The summed E-state index contributed by atoms with van der Waals surface area (Å²) in [5, 5.41) is 0. The van der Waals surface area contributed by atoms with Crippen LogP contribution in [0.2, 0.25) is 0 Å². The van der Waals surface area contributed by atoms with E-state index in [0.717, 1.165) is 0 Å². The molecule has 0 saturated heterocycles. The topological polar surface area (TPSA) is 43.4 Å². The maximum atomic E-state index is 10.9. The fraction of sp³-hybridized carbons (Fsp3) is 0.500. The van der Waals surface area contributed by atoms with Gasteiger partial charge >= 0.3 is 0 Å². The Morgan fingerprint density at radius 1 is 1.50 bits per heavy atom. The fourth-order valence-electron chi connectivity index (χ4n) is 0.458. The predicted molar refractivity (Wildman–Crippen MR) is 48.0 cm³/mol. The molecule has 68 valence electrons. The predicted octanol–water partition coefficient (Wildman–Crippen LogP) is 0.932. The molecule has 0 fully saturated rings. The summed E-state index contributed by atoms with van der Waals surface area (Å²) in [7, 11) is -3.46. The molecule has 0 amide bonds. The molecule has 0 saturated carbocycles. The summed E-state index contributed by atoms with van der Waals surface area (Å²) < 4.78 is 26.3. The third-order valence-corrected chi connectivity index (χ3v) is 1.91. The molecule has 0 bridgehead atoms. The highest BCUT2D eigenvalue weighted by atomic mass is 32.2. The first-order valence-electron chi connectivity index (χ1n) is 3.56. The van der Waals surface area contributed by atoms with Crippen molar-refractivity contribution in [2.24, 2.45) is 0 Å². The standard InChI is InChI=1S/C8H12O3S/c1-3-5-6-8-12(9,10)11-7-4-2/h4H,2-3,7-8H2,1H3. The van der Waals surface area contributed by atoms with Gasteiger partial charge < -0.3 is 0 Å². The van der Waals surface area contributed by atoms with E-state index in [0.29, 0.717) is 6.42 Å². The van der Waals surface area contributed by atoms with E-state index in [2.05, 4.69) is 22.6 Å². The second-order valence-corrected chi connectivity index (χ2v) is 3.62. The van der Waals surface area contributed by atoms with Crippen molar-refractivity contribution in [2.75, 3.05) is 12.4 Å². The molecule has 0 aromatic carbocycles. The highest BCUT2D eigenvalue weighted by Gasteiger charge is 2.06. The quantitative estimate of drug-likeness (QED) is 0.374. The first-order chi connectivity index (χ1) is 5.62. The summed E-state index contributed by atoms with van der Waals surface area (Å²) in [6, 6.07) is 0. The molecule has 0 aliphatic rings. The van der Waals surface area contributed by atoms with E-state index in [1.165, 1.54) is 6.08 Å². The molecule has 0 rings (SSSR count). The lowest BCUT2D eigenvalue weighted by Crippen LogP contribution is -2.08. The van der Waals surface area contributed by atoms with Crippen LogP contribution in [0.1, 0.15) is 13.3 Å². The van der Waals surface area contributed by atoms with Gasteiger partial charge in [-0.3, -0.25) is 4.18 Å². The van der Waals surface area contributed by atoms with Crippen LogP contribution in [0.3, 0.4) is 0 Å². The van der Waals surface area contributed by atoms with Crippen LogP contribution in [0, 0.1) is 11.8 Å². The lowest BCUT2D eigenvalue weighted by atomic mass is 10.5. The van der Waals surface area contributed by atoms with Gasteiger partial charge in [0.05, 0.1) is 6.61 Å². The van der Waals surface area contributed by atoms with Crippen molar-refractivity contribution in [2.45, 2.75) is 13.3 Å². The Kier molecular flexibility index (Phi) is 5.43. The van der Waals surface area contributed by atoms with Crippen LogP contribution in [0.5, 0.6) is 0 Å². The second-order valence-electron chi connectivity index (χ2n) is 1.98. The normalized spacial score (nSPS) is 10.1. The van der Waals surface area contributed by atoms with Crippen LogP contribution in [-0.2, 0) is 14.3 Å². The SMILES string of the molecule is C=CCOS(=O)(=O)CC#CCC. The van der Waals surface area contributed by atoms with E-state index in [1.54, 1.807) is 0 Å². The van der Waals surface area contributed by atoms with Crippen molar-refractivity contribution < 1.29 is 12.6 Å². The molecule has 0 aromatic rings. The molecule has 0 aliphatic carbocycles. The van der Waals surface area contributed by atoms with E-state index >= 15 is 0 Å². The van der Waals surface area contributed by atoms with Gasteiger partial charge in [-0.15, -0.1) is 12.5 Å². The van der Waals surface area contributed by atoms with Crippen LogP contribution >= 0.6 is 0 Å². The number of rotatable bonds is 4. The first kappa shape index (κ1) is 11.2. The Hall–Kier alpha value is -0.790. The van der Waals surface area contributed by atoms with Gasteiger partial charge in [0.2, 0.25) is 0 Å². The van der Waals surface area contributed by atoms with Gasteiger partial charge in [0.25, 0.3) is 10.1 Å². The van der Waals surface area contributed by atoms with Gasteiger partial charge in [-0.25, -0.2) is 0 Å². The molecule has 0 aliphatic heterocycles. The van der Waals surface area contributed by atoms with E-state index in [1.807, 2.05) is 6.92 Å². The Morgan fingerprint density at radius 2 is 2.17 bits per heavy atom. The monoisotopic (exact) mass is 188 g/mol. The third kappa shape index (κ3) is 5.96. The molecular weight excluding hydrogens is 176 g/mol. The summed E-state index contributed by atoms with van der Waals surface area (Å²) in [6.45, 7) is 5.20. The van der Waals surface area contributed by atoms with Crippen molar-refractivity contribution in [3.05, 3.63) is 12.7 Å². The van der Waals surface area contributed by atoms with Gasteiger partial charge in [0.15, 0.2) is 0 Å². The van der Waals surface area contributed by atoms with Crippen molar-refractivity contribution in [1.29, 1.82) is 0 Å². The summed E-state index contributed by atoms with van der Waals surface area (Å²) in [4.78, 5) is 0. The summed E-state index contributed by atoms with van der Waals surface area (Å²) in [5.74, 6) is 4.89. The Morgan fingerprint density at radius 3 is 2.67 bits per heavy atom. The fourth-order valence-corrected chi connectivity index (χ4v) is 1.12. The molecule has 0 unspecified atom stereocenters. The van der Waals surface area contributed by atoms with Crippen LogP contribution < -0.4 is 0 Å². The van der Waals surface area contributed by atoms with Gasteiger partial charge in [0.1, 0.15) is 5.75 Å². The van der Waals surface area contributed by atoms with Gasteiger partial charge in [-0.05, 0) is 0 Å². The number of hydrogen-bond donors (Lipinski definition) is 0. The molecule has 0 heterocycles. The minimum atomic E-state index is -3.46. The first-order valence-corrected chi connectivity index (χ1v) is 5.14. The molecule has 0 atom stereocenters. The van der Waals surface area contributed by atoms with Gasteiger partial charge in [-0.2, -0.15) is 8.42 Å². The van der Waals surface area contributed by atoms with E-state index in [4.69, 9.17) is 0 Å². The Balaban J connectivity index is 3.96. The van der Waals surface area contributed by atoms with E-state index in [-0.39, 0.29) is 12.4 Å². The van der Waals surface area contributed by atoms with Crippen LogP contribution in [-0.4, -0.2) is 20.8 Å². The van der Waals surface area contributed by atoms with Crippen molar-refractivity contribution in [3.8, 4) is 11.8 Å². The average Bonchev–Trinajstić information content (AvgIpc) is 2.01. The molecule has 0 N–H and O–H groups in total. The van der Waals surface area contributed by atoms with Crippen LogP contribution in [0.25, 0.3) is 0 Å². The van der Waals surface area contributed by atoms with Crippen LogP contribution in [0.15, 0.2) is 12.7 Å². The molecule has 0 spiro atoms. The minimum absolute atomic E-state index is 0.0101. The highest BCUT2D eigenvalue weighted by molar-refractivity contribution is 7.86. The highest BCUT2D eigenvalue weighted by Crippen LogP contribution is 1.91. The molecule has 0 radical (unpaired) electrons. The summed E-state index contributed by atoms with van der Waals surface area (Å²) >= 11 is 0. The van der Waals surface area contributed by atoms with Crippen molar-refractivity contribution >= 4 is 10.1 Å². The maximum Gasteiger partial charge on any atom is 0.279 e. The molecule has 12 heavy (non-hydrogen) atoms. The Bertz CT molecular complexity index is 279. The lowest BCUT2D eigenvalue weighted by Gasteiger charge is -1.96. The van der Waals surface area contributed by atoms with E-state index < -0.39 is 10.1 Å². The zero-order valence-electron chi connectivity index (χ0n) is 7.04. The third-order valence-electron chi connectivity index (χ3n) is 0.916. The van der Waals surface area contributed by atoms with Crippen molar-refractivity contribution in [1.82, 2.24) is 0 Å². The minimum Gasteiger partial charge on any atom is -0.265 e. The van der Waals surface area contributed by atoms with E-state index in [9.17, 15) is 8.42 Å². The molecule has 0 aromatic heterocycles. The zero-order valence-corrected chi connectivity index (χ0v) is 7.86. The molecule has 3 nitrogen and oxygen atoms in total.